The second kappa shape index (κ2) is 7.65. The number of hydrogen-bond donors (Lipinski definition) is 2. The van der Waals surface area contributed by atoms with E-state index in [0.717, 1.165) is 29.8 Å². The highest BCUT2D eigenvalue weighted by molar-refractivity contribution is 5.79. The summed E-state index contributed by atoms with van der Waals surface area (Å²) in [6.45, 7) is 4.28. The summed E-state index contributed by atoms with van der Waals surface area (Å²) in [5, 5.41) is 14.4. The molecule has 0 unspecified atom stereocenters. The Bertz CT molecular complexity index is 868. The highest BCUT2D eigenvalue weighted by atomic mass is 16.2. The smallest absolute Gasteiger partial charge is 0.315 e. The molecule has 150 valence electrons. The average molecular weight is 385 g/mol. The maximum absolute atomic E-state index is 12.5. The number of nitrogens with one attached hydrogen (secondary N) is 2. The largest absolute Gasteiger partial charge is 0.335 e. The Morgan fingerprint density at radius 2 is 2.14 bits per heavy atom. The molecule has 9 heteroatoms. The SMILES string of the molecule is C[C@H](NC(=O)NCc1cc2n(n1)CCN(C(=O)C1CCC1)C2)c1cnn(C)c1. The normalized spacial score (nSPS) is 17.6. The van der Waals surface area contributed by atoms with Gasteiger partial charge in [-0.15, -0.1) is 0 Å². The molecule has 2 aromatic heterocycles. The Labute approximate surface area is 164 Å². The van der Waals surface area contributed by atoms with Gasteiger partial charge in [0.2, 0.25) is 5.91 Å². The Morgan fingerprint density at radius 1 is 1.32 bits per heavy atom. The zero-order valence-electron chi connectivity index (χ0n) is 16.4. The minimum absolute atomic E-state index is 0.130. The van der Waals surface area contributed by atoms with Crippen molar-refractivity contribution in [2.45, 2.75) is 51.9 Å². The molecule has 3 heterocycles. The van der Waals surface area contributed by atoms with E-state index < -0.39 is 0 Å². The molecular formula is C19H27N7O2. The van der Waals surface area contributed by atoms with E-state index in [9.17, 15) is 9.59 Å². The summed E-state index contributed by atoms with van der Waals surface area (Å²) < 4.78 is 3.65. The quantitative estimate of drug-likeness (QED) is 0.811. The molecule has 9 nitrogen and oxygen atoms in total. The van der Waals surface area contributed by atoms with Gasteiger partial charge in [0.05, 0.1) is 43.3 Å². The summed E-state index contributed by atoms with van der Waals surface area (Å²) in [7, 11) is 1.84. The molecule has 4 rings (SSSR count). The van der Waals surface area contributed by atoms with Crippen LogP contribution >= 0.6 is 0 Å². The molecule has 2 aromatic rings. The van der Waals surface area contributed by atoms with Crippen molar-refractivity contribution in [3.8, 4) is 0 Å². The van der Waals surface area contributed by atoms with E-state index in [2.05, 4.69) is 20.8 Å². The topological polar surface area (TPSA) is 97.1 Å². The lowest BCUT2D eigenvalue weighted by Gasteiger charge is -2.34. The van der Waals surface area contributed by atoms with Crippen LogP contribution in [0.4, 0.5) is 4.79 Å². The van der Waals surface area contributed by atoms with Gasteiger partial charge in [0.1, 0.15) is 0 Å². The van der Waals surface area contributed by atoms with Crippen molar-refractivity contribution in [3.63, 3.8) is 0 Å². The average Bonchev–Trinajstić information content (AvgIpc) is 3.23. The third kappa shape index (κ3) is 3.88. The van der Waals surface area contributed by atoms with Gasteiger partial charge in [-0.25, -0.2) is 4.79 Å². The summed E-state index contributed by atoms with van der Waals surface area (Å²) in [5.74, 6) is 0.503. The van der Waals surface area contributed by atoms with Gasteiger partial charge in [0.25, 0.3) is 0 Å². The fourth-order valence-corrected chi connectivity index (χ4v) is 3.68. The number of fused-ring (bicyclic) bond motifs is 1. The molecule has 1 aliphatic heterocycles. The Kier molecular flexibility index (Phi) is 5.06. The summed E-state index contributed by atoms with van der Waals surface area (Å²) in [5.41, 5.74) is 2.78. The molecule has 0 radical (unpaired) electrons. The maximum atomic E-state index is 12.5. The molecule has 3 amide bonds. The van der Waals surface area contributed by atoms with Gasteiger partial charge in [-0.3, -0.25) is 14.2 Å². The first-order chi connectivity index (χ1) is 13.5. The van der Waals surface area contributed by atoms with Gasteiger partial charge < -0.3 is 15.5 Å². The van der Waals surface area contributed by atoms with Crippen LogP contribution in [0.25, 0.3) is 0 Å². The van der Waals surface area contributed by atoms with Gasteiger partial charge in [-0.1, -0.05) is 6.42 Å². The fraction of sp³-hybridized carbons (Fsp3) is 0.579. The molecule has 0 spiro atoms. The van der Waals surface area contributed by atoms with Crippen molar-refractivity contribution < 1.29 is 9.59 Å². The van der Waals surface area contributed by atoms with Gasteiger partial charge in [0, 0.05) is 31.3 Å². The van der Waals surface area contributed by atoms with E-state index in [1.54, 1.807) is 10.9 Å². The molecular weight excluding hydrogens is 358 g/mol. The van der Waals surface area contributed by atoms with E-state index in [1.165, 1.54) is 6.42 Å². The van der Waals surface area contributed by atoms with Crippen molar-refractivity contribution in [2.75, 3.05) is 6.54 Å². The summed E-state index contributed by atoms with van der Waals surface area (Å²) in [6.07, 6.45) is 6.84. The van der Waals surface area contributed by atoms with Crippen LogP contribution in [0.2, 0.25) is 0 Å². The van der Waals surface area contributed by atoms with Crippen LogP contribution in [0.15, 0.2) is 18.5 Å². The number of carbonyl (C=O) groups is 2. The van der Waals surface area contributed by atoms with Gasteiger partial charge in [-0.05, 0) is 25.8 Å². The number of nitrogens with zero attached hydrogens (tertiary/aromatic N) is 5. The van der Waals surface area contributed by atoms with Crippen LogP contribution in [0.1, 0.15) is 49.2 Å². The van der Waals surface area contributed by atoms with E-state index in [-0.39, 0.29) is 23.9 Å². The first-order valence-corrected chi connectivity index (χ1v) is 9.87. The number of rotatable bonds is 5. The van der Waals surface area contributed by atoms with E-state index >= 15 is 0 Å². The highest BCUT2D eigenvalue weighted by Gasteiger charge is 2.31. The van der Waals surface area contributed by atoms with E-state index in [0.29, 0.717) is 26.2 Å². The third-order valence-corrected chi connectivity index (χ3v) is 5.62. The molecule has 2 aliphatic rings. The summed E-state index contributed by atoms with van der Waals surface area (Å²) >= 11 is 0. The fourth-order valence-electron chi connectivity index (χ4n) is 3.68. The minimum Gasteiger partial charge on any atom is -0.335 e. The number of urea groups is 1. The van der Waals surface area contributed by atoms with Gasteiger partial charge in [0.15, 0.2) is 0 Å². The number of hydrogen-bond acceptors (Lipinski definition) is 4. The molecule has 1 aliphatic carbocycles. The van der Waals surface area contributed by atoms with E-state index in [1.807, 2.05) is 35.8 Å². The first kappa shape index (κ1) is 18.5. The molecule has 1 atom stereocenters. The zero-order chi connectivity index (χ0) is 19.7. The van der Waals surface area contributed by atoms with Crippen molar-refractivity contribution in [1.82, 2.24) is 35.1 Å². The zero-order valence-corrected chi connectivity index (χ0v) is 16.4. The molecule has 28 heavy (non-hydrogen) atoms. The monoisotopic (exact) mass is 385 g/mol. The summed E-state index contributed by atoms with van der Waals surface area (Å²) in [4.78, 5) is 26.6. The molecule has 0 saturated heterocycles. The second-order valence-corrected chi connectivity index (χ2v) is 7.73. The van der Waals surface area contributed by atoms with Crippen LogP contribution in [-0.2, 0) is 31.5 Å². The van der Waals surface area contributed by atoms with Crippen LogP contribution in [0.5, 0.6) is 0 Å². The number of aromatic nitrogens is 4. The van der Waals surface area contributed by atoms with Crippen LogP contribution in [0.3, 0.4) is 0 Å². The van der Waals surface area contributed by atoms with Gasteiger partial charge >= 0.3 is 6.03 Å². The third-order valence-electron chi connectivity index (χ3n) is 5.62. The van der Waals surface area contributed by atoms with Crippen molar-refractivity contribution in [1.29, 1.82) is 0 Å². The Balaban J connectivity index is 1.28. The lowest BCUT2D eigenvalue weighted by atomic mass is 9.84. The molecule has 0 bridgehead atoms. The number of aryl methyl sites for hydroxylation is 1. The lowest BCUT2D eigenvalue weighted by Crippen LogP contribution is -2.43. The van der Waals surface area contributed by atoms with Crippen molar-refractivity contribution in [2.24, 2.45) is 13.0 Å². The van der Waals surface area contributed by atoms with Crippen molar-refractivity contribution >= 4 is 11.9 Å². The Hall–Kier alpha value is -2.84. The van der Waals surface area contributed by atoms with Crippen LogP contribution in [-0.4, -0.2) is 42.9 Å². The predicted octanol–water partition coefficient (Wildman–Crippen LogP) is 1.32. The highest BCUT2D eigenvalue weighted by Crippen LogP contribution is 2.29. The molecule has 0 aromatic carbocycles. The molecule has 1 fully saturated rings. The van der Waals surface area contributed by atoms with Crippen LogP contribution in [0, 0.1) is 5.92 Å². The van der Waals surface area contributed by atoms with Crippen LogP contribution < -0.4 is 10.6 Å². The number of amides is 3. The van der Waals surface area contributed by atoms with Gasteiger partial charge in [-0.2, -0.15) is 10.2 Å². The standard InChI is InChI=1S/C19H27N7O2/c1-13(15-9-21-24(2)11-15)22-19(28)20-10-16-8-17-12-25(6-7-26(17)23-16)18(27)14-4-3-5-14/h8-9,11,13-14H,3-7,10,12H2,1-2H3,(H2,20,22,28)/t13-/m0/s1. The van der Waals surface area contributed by atoms with E-state index in [4.69, 9.17) is 0 Å². The maximum Gasteiger partial charge on any atom is 0.315 e. The second-order valence-electron chi connectivity index (χ2n) is 7.73. The molecule has 1 saturated carbocycles. The predicted molar refractivity (Wildman–Crippen MR) is 102 cm³/mol. The number of carbonyl (C=O) groups excluding carboxylic acids is 2. The van der Waals surface area contributed by atoms with Crippen molar-refractivity contribution in [3.05, 3.63) is 35.4 Å². The first-order valence-electron chi connectivity index (χ1n) is 9.87. The summed E-state index contributed by atoms with van der Waals surface area (Å²) in [6, 6.07) is 1.60. The molecule has 2 N–H and O–H groups in total. The lowest BCUT2D eigenvalue weighted by molar-refractivity contribution is -0.139. The Morgan fingerprint density at radius 3 is 2.82 bits per heavy atom. The minimum atomic E-state index is -0.246.